The molecule has 96 valence electrons. The maximum atomic E-state index is 10.7. The number of carbonyl (C=O) groups excluding carboxylic acids is 1. The van der Waals surface area contributed by atoms with E-state index in [1.165, 1.54) is 19.1 Å². The van der Waals surface area contributed by atoms with Crippen LogP contribution in [0.3, 0.4) is 0 Å². The highest BCUT2D eigenvalue weighted by molar-refractivity contribution is 5.85. The largest absolute Gasteiger partial charge is 0.504 e. The first-order chi connectivity index (χ1) is 7.54. The highest BCUT2D eigenvalue weighted by Crippen LogP contribution is 2.29. The van der Waals surface area contributed by atoms with E-state index in [-0.39, 0.29) is 29.9 Å². The Bertz CT molecular complexity index is 385. The van der Waals surface area contributed by atoms with Crippen LogP contribution in [0.2, 0.25) is 0 Å². The summed E-state index contributed by atoms with van der Waals surface area (Å²) in [5.41, 5.74) is 12.0. The molecule has 0 saturated carbocycles. The Morgan fingerprint density at radius 2 is 2.18 bits per heavy atom. The number of ether oxygens (including phenoxy) is 1. The molecule has 0 aliphatic rings. The van der Waals surface area contributed by atoms with E-state index in [1.54, 1.807) is 6.07 Å². The minimum atomic E-state index is -0.477. The maximum absolute atomic E-state index is 10.7. The van der Waals surface area contributed by atoms with E-state index in [9.17, 15) is 9.90 Å². The van der Waals surface area contributed by atoms with Crippen LogP contribution in [0.4, 0.5) is 0 Å². The lowest BCUT2D eigenvalue weighted by molar-refractivity contribution is -0.132. The predicted molar refractivity (Wildman–Crippen MR) is 67.3 cm³/mol. The third kappa shape index (κ3) is 4.60. The van der Waals surface area contributed by atoms with Gasteiger partial charge < -0.3 is 21.3 Å². The van der Waals surface area contributed by atoms with E-state index in [0.717, 1.165) is 5.56 Å². The van der Waals surface area contributed by atoms with Gasteiger partial charge in [-0.25, -0.2) is 0 Å². The number of carbonyl (C=O) groups is 1. The molecule has 5 N–H and O–H groups in total. The van der Waals surface area contributed by atoms with Crippen molar-refractivity contribution in [2.24, 2.45) is 11.5 Å². The smallest absolute Gasteiger partial charge is 0.308 e. The highest BCUT2D eigenvalue weighted by atomic mass is 35.5. The molecule has 6 heteroatoms. The first kappa shape index (κ1) is 15.7. The summed E-state index contributed by atoms with van der Waals surface area (Å²) in [5, 5.41) is 9.59. The average molecular weight is 261 g/mol. The van der Waals surface area contributed by atoms with Gasteiger partial charge in [-0.05, 0) is 30.7 Å². The Labute approximate surface area is 106 Å². The number of esters is 1. The van der Waals surface area contributed by atoms with Gasteiger partial charge in [0, 0.05) is 13.0 Å². The van der Waals surface area contributed by atoms with Crippen molar-refractivity contribution in [2.45, 2.75) is 19.4 Å². The van der Waals surface area contributed by atoms with E-state index >= 15 is 0 Å². The van der Waals surface area contributed by atoms with Crippen molar-refractivity contribution in [1.29, 1.82) is 0 Å². The normalized spacial score (nSPS) is 11.5. The number of aromatic hydroxyl groups is 1. The minimum Gasteiger partial charge on any atom is -0.504 e. The molecule has 0 heterocycles. The standard InChI is InChI=1S/C11H16N2O3.ClH/c1-7(14)16-11-3-2-8(6-10(11)15)9(13)4-5-12;/h2-3,6,9,15H,4-5,12-13H2,1H3;1H/t9-;/m1./s1. The molecule has 0 saturated heterocycles. The molecule has 0 aliphatic carbocycles. The van der Waals surface area contributed by atoms with Crippen LogP contribution in [0.5, 0.6) is 11.5 Å². The molecule has 0 radical (unpaired) electrons. The van der Waals surface area contributed by atoms with Crippen LogP contribution in [0.25, 0.3) is 0 Å². The second kappa shape index (κ2) is 7.11. The molecule has 0 fully saturated rings. The lowest BCUT2D eigenvalue weighted by Crippen LogP contribution is -2.15. The van der Waals surface area contributed by atoms with Gasteiger partial charge >= 0.3 is 5.97 Å². The summed E-state index contributed by atoms with van der Waals surface area (Å²) in [6.45, 7) is 1.75. The highest BCUT2D eigenvalue weighted by Gasteiger charge is 2.10. The Kier molecular flexibility index (Phi) is 6.57. The Morgan fingerprint density at radius 3 is 2.65 bits per heavy atom. The first-order valence-electron chi connectivity index (χ1n) is 5.01. The summed E-state index contributed by atoms with van der Waals surface area (Å²) in [6, 6.07) is 4.49. The molecule has 0 unspecified atom stereocenters. The molecule has 0 aromatic heterocycles. The van der Waals surface area contributed by atoms with Crippen molar-refractivity contribution >= 4 is 18.4 Å². The number of phenols is 1. The van der Waals surface area contributed by atoms with Crippen molar-refractivity contribution in [3.05, 3.63) is 23.8 Å². The maximum Gasteiger partial charge on any atom is 0.308 e. The second-order valence-corrected chi connectivity index (χ2v) is 3.50. The van der Waals surface area contributed by atoms with Gasteiger partial charge in [-0.15, -0.1) is 12.4 Å². The van der Waals surface area contributed by atoms with Crippen LogP contribution in [0.1, 0.15) is 24.9 Å². The van der Waals surface area contributed by atoms with Gasteiger partial charge in [-0.1, -0.05) is 6.07 Å². The van der Waals surface area contributed by atoms with Gasteiger partial charge in [-0.2, -0.15) is 0 Å². The summed E-state index contributed by atoms with van der Waals surface area (Å²) >= 11 is 0. The number of benzene rings is 1. The number of nitrogens with two attached hydrogens (primary N) is 2. The van der Waals surface area contributed by atoms with E-state index < -0.39 is 5.97 Å². The van der Waals surface area contributed by atoms with Gasteiger partial charge in [0.2, 0.25) is 0 Å². The zero-order chi connectivity index (χ0) is 12.1. The molecule has 0 spiro atoms. The summed E-state index contributed by atoms with van der Waals surface area (Å²) < 4.78 is 4.79. The zero-order valence-corrected chi connectivity index (χ0v) is 10.4. The van der Waals surface area contributed by atoms with Crippen LogP contribution in [0.15, 0.2) is 18.2 Å². The van der Waals surface area contributed by atoms with Crippen molar-refractivity contribution in [3.63, 3.8) is 0 Å². The molecule has 1 rings (SSSR count). The van der Waals surface area contributed by atoms with Crippen LogP contribution in [-0.2, 0) is 4.79 Å². The fourth-order valence-electron chi connectivity index (χ4n) is 1.35. The summed E-state index contributed by atoms with van der Waals surface area (Å²) in [7, 11) is 0. The topological polar surface area (TPSA) is 98.6 Å². The molecule has 0 aliphatic heterocycles. The summed E-state index contributed by atoms with van der Waals surface area (Å²) in [4.78, 5) is 10.7. The SMILES string of the molecule is CC(=O)Oc1ccc([C@H](N)CCN)cc1O.Cl. The molecule has 1 atom stereocenters. The number of hydrogen-bond acceptors (Lipinski definition) is 5. The van der Waals surface area contributed by atoms with Crippen molar-refractivity contribution < 1.29 is 14.6 Å². The van der Waals surface area contributed by atoms with Crippen LogP contribution in [0, 0.1) is 0 Å². The summed E-state index contributed by atoms with van der Waals surface area (Å²) in [5.74, 6) is -0.439. The monoisotopic (exact) mass is 260 g/mol. The lowest BCUT2D eigenvalue weighted by atomic mass is 10.0. The fourth-order valence-corrected chi connectivity index (χ4v) is 1.35. The average Bonchev–Trinajstić information content (AvgIpc) is 2.20. The van der Waals surface area contributed by atoms with E-state index in [2.05, 4.69) is 0 Å². The fraction of sp³-hybridized carbons (Fsp3) is 0.364. The Morgan fingerprint density at radius 1 is 1.53 bits per heavy atom. The first-order valence-corrected chi connectivity index (χ1v) is 5.01. The third-order valence-corrected chi connectivity index (χ3v) is 2.14. The predicted octanol–water partition coefficient (Wildman–Crippen LogP) is 1.09. The van der Waals surface area contributed by atoms with Gasteiger partial charge in [0.05, 0.1) is 0 Å². The number of rotatable bonds is 4. The van der Waals surface area contributed by atoms with Crippen molar-refractivity contribution in [1.82, 2.24) is 0 Å². The minimum absolute atomic E-state index is 0. The third-order valence-electron chi connectivity index (χ3n) is 2.14. The zero-order valence-electron chi connectivity index (χ0n) is 9.55. The molecular weight excluding hydrogens is 244 g/mol. The van der Waals surface area contributed by atoms with E-state index in [1.807, 2.05) is 0 Å². The molecule has 0 amide bonds. The molecule has 0 bridgehead atoms. The molecule has 1 aromatic rings. The van der Waals surface area contributed by atoms with Crippen LogP contribution < -0.4 is 16.2 Å². The van der Waals surface area contributed by atoms with Crippen LogP contribution in [-0.4, -0.2) is 17.6 Å². The van der Waals surface area contributed by atoms with Crippen molar-refractivity contribution in [2.75, 3.05) is 6.54 Å². The van der Waals surface area contributed by atoms with Gasteiger partial charge in [-0.3, -0.25) is 4.79 Å². The van der Waals surface area contributed by atoms with E-state index in [0.29, 0.717) is 13.0 Å². The number of halogens is 1. The molecule has 5 nitrogen and oxygen atoms in total. The Balaban J connectivity index is 0.00000256. The Hall–Kier alpha value is -1.30. The molecule has 1 aromatic carbocycles. The lowest BCUT2D eigenvalue weighted by Gasteiger charge is -2.12. The number of hydrogen-bond donors (Lipinski definition) is 3. The van der Waals surface area contributed by atoms with Crippen LogP contribution >= 0.6 is 12.4 Å². The number of phenolic OH excluding ortho intramolecular Hbond substituents is 1. The van der Waals surface area contributed by atoms with Gasteiger partial charge in [0.1, 0.15) is 0 Å². The van der Waals surface area contributed by atoms with Gasteiger partial charge in [0.25, 0.3) is 0 Å². The molecular formula is C11H17ClN2O3. The quantitative estimate of drug-likeness (QED) is 0.556. The van der Waals surface area contributed by atoms with Gasteiger partial charge in [0.15, 0.2) is 11.5 Å². The molecule has 17 heavy (non-hydrogen) atoms. The summed E-state index contributed by atoms with van der Waals surface area (Å²) in [6.07, 6.45) is 0.631. The second-order valence-electron chi connectivity index (χ2n) is 3.50. The van der Waals surface area contributed by atoms with E-state index in [4.69, 9.17) is 16.2 Å². The van der Waals surface area contributed by atoms with Crippen molar-refractivity contribution in [3.8, 4) is 11.5 Å².